The fraction of sp³-hybridized carbons (Fsp3) is 0.143. The van der Waals surface area contributed by atoms with E-state index in [-0.39, 0.29) is 16.8 Å². The summed E-state index contributed by atoms with van der Waals surface area (Å²) in [5.74, 6) is 0.0136. The molecule has 0 saturated carbocycles. The Labute approximate surface area is 124 Å². The van der Waals surface area contributed by atoms with Gasteiger partial charge in [-0.25, -0.2) is 4.39 Å². The van der Waals surface area contributed by atoms with E-state index >= 15 is 0 Å². The van der Waals surface area contributed by atoms with Gasteiger partial charge in [0.05, 0.1) is 9.50 Å². The van der Waals surface area contributed by atoms with Crippen molar-refractivity contribution in [2.24, 2.45) is 5.73 Å². The molecule has 0 bridgehead atoms. The van der Waals surface area contributed by atoms with Crippen molar-refractivity contribution in [1.29, 1.82) is 0 Å². The van der Waals surface area contributed by atoms with E-state index in [0.29, 0.717) is 10.2 Å². The number of hydrogen-bond acceptors (Lipinski definition) is 2. The van der Waals surface area contributed by atoms with Crippen molar-refractivity contribution in [2.75, 3.05) is 0 Å². The minimum Gasteiger partial charge on any atom is -0.453 e. The maximum Gasteiger partial charge on any atom is 0.184 e. The van der Waals surface area contributed by atoms with Crippen molar-refractivity contribution in [3.05, 3.63) is 57.3 Å². The fourth-order valence-electron chi connectivity index (χ4n) is 1.56. The summed E-state index contributed by atoms with van der Waals surface area (Å²) in [4.78, 5) is 0. The van der Waals surface area contributed by atoms with Crippen LogP contribution >= 0.6 is 27.5 Å². The van der Waals surface area contributed by atoms with Crippen LogP contribution in [0.3, 0.4) is 0 Å². The van der Waals surface area contributed by atoms with Gasteiger partial charge in [0.25, 0.3) is 0 Å². The fourth-order valence-corrected chi connectivity index (χ4v) is 2.21. The molecule has 0 radical (unpaired) electrons. The summed E-state index contributed by atoms with van der Waals surface area (Å²) in [7, 11) is 0. The molecule has 0 aliphatic heterocycles. The number of ether oxygens (including phenoxy) is 1. The Morgan fingerprint density at radius 3 is 2.63 bits per heavy atom. The van der Waals surface area contributed by atoms with Gasteiger partial charge in [-0.15, -0.1) is 0 Å². The first kappa shape index (κ1) is 14.3. The predicted octanol–water partition coefficient (Wildman–Crippen LogP) is 5.05. The average Bonchev–Trinajstić information content (AvgIpc) is 2.37. The standard InChI is InChI=1S/C14H12BrClFNO/c1-8(18)9-5-6-12(10(15)7-9)19-13-4-2-3-11(16)14(13)17/h2-8H,18H2,1H3. The molecule has 100 valence electrons. The molecule has 0 aliphatic carbocycles. The molecule has 0 fully saturated rings. The average molecular weight is 345 g/mol. The Bertz CT molecular complexity index is 604. The molecule has 0 aliphatic rings. The Morgan fingerprint density at radius 1 is 1.26 bits per heavy atom. The number of halogens is 3. The highest BCUT2D eigenvalue weighted by Gasteiger charge is 2.11. The third kappa shape index (κ3) is 3.26. The summed E-state index contributed by atoms with van der Waals surface area (Å²) in [6, 6.07) is 9.97. The van der Waals surface area contributed by atoms with Gasteiger partial charge in [0.2, 0.25) is 0 Å². The zero-order valence-corrected chi connectivity index (χ0v) is 12.5. The van der Waals surface area contributed by atoms with E-state index in [2.05, 4.69) is 15.9 Å². The van der Waals surface area contributed by atoms with E-state index in [0.717, 1.165) is 5.56 Å². The summed E-state index contributed by atoms with van der Waals surface area (Å²) in [5.41, 5.74) is 6.75. The minimum atomic E-state index is -0.577. The first-order chi connectivity index (χ1) is 8.99. The quantitative estimate of drug-likeness (QED) is 0.845. The number of benzene rings is 2. The second-order valence-electron chi connectivity index (χ2n) is 4.13. The van der Waals surface area contributed by atoms with Crippen LogP contribution in [0, 0.1) is 5.82 Å². The second kappa shape index (κ2) is 5.90. The van der Waals surface area contributed by atoms with Gasteiger partial charge in [-0.3, -0.25) is 0 Å². The molecule has 0 aromatic heterocycles. The molecule has 0 heterocycles. The Hall–Kier alpha value is -1.10. The summed E-state index contributed by atoms with van der Waals surface area (Å²) >= 11 is 9.08. The maximum absolute atomic E-state index is 13.7. The molecule has 1 atom stereocenters. The summed E-state index contributed by atoms with van der Waals surface area (Å²) in [6.45, 7) is 1.89. The summed E-state index contributed by atoms with van der Waals surface area (Å²) < 4.78 is 20.0. The minimum absolute atomic E-state index is 0.0285. The third-order valence-corrected chi connectivity index (χ3v) is 3.53. The Balaban J connectivity index is 2.31. The molecule has 2 nitrogen and oxygen atoms in total. The molecule has 2 aromatic carbocycles. The molecule has 0 saturated heterocycles. The first-order valence-corrected chi connectivity index (χ1v) is 6.83. The van der Waals surface area contributed by atoms with Crippen molar-refractivity contribution in [2.45, 2.75) is 13.0 Å². The van der Waals surface area contributed by atoms with Crippen molar-refractivity contribution in [3.8, 4) is 11.5 Å². The topological polar surface area (TPSA) is 35.2 Å². The number of nitrogens with two attached hydrogens (primary N) is 1. The van der Waals surface area contributed by atoms with E-state index in [1.165, 1.54) is 12.1 Å². The smallest absolute Gasteiger partial charge is 0.184 e. The van der Waals surface area contributed by atoms with Crippen LogP contribution in [-0.4, -0.2) is 0 Å². The molecule has 19 heavy (non-hydrogen) atoms. The van der Waals surface area contributed by atoms with Crippen LogP contribution in [-0.2, 0) is 0 Å². The van der Waals surface area contributed by atoms with Gasteiger partial charge >= 0.3 is 0 Å². The summed E-state index contributed by atoms with van der Waals surface area (Å²) in [5, 5.41) is 0.0285. The molecular formula is C14H12BrClFNO. The monoisotopic (exact) mass is 343 g/mol. The zero-order valence-electron chi connectivity index (χ0n) is 10.2. The van der Waals surface area contributed by atoms with Gasteiger partial charge in [0.15, 0.2) is 11.6 Å². The predicted molar refractivity (Wildman–Crippen MR) is 78.2 cm³/mol. The van der Waals surface area contributed by atoms with Crippen LogP contribution in [0.4, 0.5) is 4.39 Å². The van der Waals surface area contributed by atoms with Gasteiger partial charge in [-0.2, -0.15) is 0 Å². The van der Waals surface area contributed by atoms with E-state index < -0.39 is 5.82 Å². The molecule has 0 amide bonds. The van der Waals surface area contributed by atoms with Gasteiger partial charge < -0.3 is 10.5 Å². The van der Waals surface area contributed by atoms with Crippen LogP contribution in [0.1, 0.15) is 18.5 Å². The highest BCUT2D eigenvalue weighted by molar-refractivity contribution is 9.10. The van der Waals surface area contributed by atoms with Gasteiger partial charge in [-0.05, 0) is 52.7 Å². The SMILES string of the molecule is CC(N)c1ccc(Oc2cccc(Cl)c2F)c(Br)c1. The lowest BCUT2D eigenvalue weighted by Crippen LogP contribution is -2.04. The largest absolute Gasteiger partial charge is 0.453 e. The molecular weight excluding hydrogens is 333 g/mol. The van der Waals surface area contributed by atoms with E-state index in [9.17, 15) is 4.39 Å². The second-order valence-corrected chi connectivity index (χ2v) is 5.39. The normalized spacial score (nSPS) is 12.3. The van der Waals surface area contributed by atoms with Crippen LogP contribution in [0.25, 0.3) is 0 Å². The van der Waals surface area contributed by atoms with Crippen molar-refractivity contribution in [3.63, 3.8) is 0 Å². The summed E-state index contributed by atoms with van der Waals surface area (Å²) in [6.07, 6.45) is 0. The highest BCUT2D eigenvalue weighted by atomic mass is 79.9. The third-order valence-electron chi connectivity index (χ3n) is 2.62. The van der Waals surface area contributed by atoms with Crippen molar-refractivity contribution >= 4 is 27.5 Å². The lowest BCUT2D eigenvalue weighted by molar-refractivity contribution is 0.440. The Kier molecular flexibility index (Phi) is 4.45. The van der Waals surface area contributed by atoms with E-state index in [4.69, 9.17) is 22.1 Å². The van der Waals surface area contributed by atoms with Crippen LogP contribution in [0.5, 0.6) is 11.5 Å². The van der Waals surface area contributed by atoms with Crippen LogP contribution < -0.4 is 10.5 Å². The molecule has 1 unspecified atom stereocenters. The van der Waals surface area contributed by atoms with E-state index in [1.54, 1.807) is 12.1 Å². The van der Waals surface area contributed by atoms with Crippen molar-refractivity contribution in [1.82, 2.24) is 0 Å². The van der Waals surface area contributed by atoms with Gasteiger partial charge in [-0.1, -0.05) is 23.7 Å². The number of hydrogen-bond donors (Lipinski definition) is 1. The highest BCUT2D eigenvalue weighted by Crippen LogP contribution is 2.34. The molecule has 2 rings (SSSR count). The maximum atomic E-state index is 13.7. The number of rotatable bonds is 3. The lowest BCUT2D eigenvalue weighted by Gasteiger charge is -2.12. The van der Waals surface area contributed by atoms with Gasteiger partial charge in [0.1, 0.15) is 5.75 Å². The molecule has 2 N–H and O–H groups in total. The first-order valence-electron chi connectivity index (χ1n) is 5.66. The molecule has 2 aromatic rings. The molecule has 5 heteroatoms. The Morgan fingerprint density at radius 2 is 2.00 bits per heavy atom. The van der Waals surface area contributed by atoms with Crippen molar-refractivity contribution < 1.29 is 9.13 Å². The lowest BCUT2D eigenvalue weighted by atomic mass is 10.1. The molecule has 0 spiro atoms. The van der Waals surface area contributed by atoms with Crippen LogP contribution in [0.15, 0.2) is 40.9 Å². The van der Waals surface area contributed by atoms with Gasteiger partial charge in [0, 0.05) is 6.04 Å². The zero-order chi connectivity index (χ0) is 14.0. The van der Waals surface area contributed by atoms with E-state index in [1.807, 2.05) is 19.1 Å². The van der Waals surface area contributed by atoms with Crippen LogP contribution in [0.2, 0.25) is 5.02 Å².